The molecule has 20 heavy (non-hydrogen) atoms. The highest BCUT2D eigenvalue weighted by Gasteiger charge is 2.25. The molecule has 0 saturated carbocycles. The molecule has 0 radical (unpaired) electrons. The summed E-state index contributed by atoms with van der Waals surface area (Å²) in [6, 6.07) is 0.835. The van der Waals surface area contributed by atoms with E-state index in [1.165, 1.54) is 0 Å². The molecular formula is C12H18F2N2O3S. The fourth-order valence-electron chi connectivity index (χ4n) is 1.77. The van der Waals surface area contributed by atoms with Crippen LogP contribution in [-0.2, 0) is 10.0 Å². The SMILES string of the molecule is CC(C)CC(CO)NS(=O)(=O)c1ccc(F)c(N)c1F. The van der Waals surface area contributed by atoms with Crippen molar-refractivity contribution < 1.29 is 22.3 Å². The maximum absolute atomic E-state index is 13.7. The van der Waals surface area contributed by atoms with E-state index in [4.69, 9.17) is 10.8 Å². The molecule has 0 heterocycles. The van der Waals surface area contributed by atoms with E-state index in [1.54, 1.807) is 0 Å². The zero-order valence-corrected chi connectivity index (χ0v) is 12.0. The van der Waals surface area contributed by atoms with Crippen LogP contribution in [-0.4, -0.2) is 26.2 Å². The summed E-state index contributed by atoms with van der Waals surface area (Å²) in [5.41, 5.74) is 4.28. The predicted octanol–water partition coefficient (Wildman–Crippen LogP) is 1.23. The molecule has 1 unspecified atom stereocenters. The Balaban J connectivity index is 3.08. The monoisotopic (exact) mass is 308 g/mol. The second-order valence-electron chi connectivity index (χ2n) is 4.90. The Bertz CT molecular complexity index is 576. The third-order valence-electron chi connectivity index (χ3n) is 2.68. The van der Waals surface area contributed by atoms with E-state index in [0.717, 1.165) is 12.1 Å². The molecule has 114 valence electrons. The Labute approximate surface area is 116 Å². The average Bonchev–Trinajstić information content (AvgIpc) is 2.33. The number of anilines is 1. The summed E-state index contributed by atoms with van der Waals surface area (Å²) in [6.45, 7) is 3.29. The quantitative estimate of drug-likeness (QED) is 0.689. The van der Waals surface area contributed by atoms with Gasteiger partial charge >= 0.3 is 0 Å². The van der Waals surface area contributed by atoms with E-state index < -0.39 is 44.9 Å². The largest absolute Gasteiger partial charge is 0.395 e. The van der Waals surface area contributed by atoms with E-state index in [2.05, 4.69) is 4.72 Å². The molecule has 0 aliphatic rings. The molecule has 0 amide bonds. The summed E-state index contributed by atoms with van der Waals surface area (Å²) in [6.07, 6.45) is 0.383. The molecule has 1 rings (SSSR count). The molecule has 1 atom stereocenters. The Morgan fingerprint density at radius 1 is 1.35 bits per heavy atom. The van der Waals surface area contributed by atoms with Crippen molar-refractivity contribution in [3.8, 4) is 0 Å². The van der Waals surface area contributed by atoms with Gasteiger partial charge in [0.05, 0.1) is 6.61 Å². The Hall–Kier alpha value is -1.25. The molecule has 8 heteroatoms. The number of nitrogen functional groups attached to an aromatic ring is 1. The summed E-state index contributed by atoms with van der Waals surface area (Å²) in [5.74, 6) is -2.22. The second-order valence-corrected chi connectivity index (χ2v) is 6.59. The van der Waals surface area contributed by atoms with Gasteiger partial charge in [0.15, 0.2) is 5.82 Å². The summed E-state index contributed by atoms with van der Waals surface area (Å²) >= 11 is 0. The van der Waals surface area contributed by atoms with Crippen LogP contribution in [0.15, 0.2) is 17.0 Å². The summed E-state index contributed by atoms with van der Waals surface area (Å²) in [5, 5.41) is 9.15. The first kappa shape index (κ1) is 16.8. The van der Waals surface area contributed by atoms with Gasteiger partial charge in [-0.15, -0.1) is 0 Å². The normalized spacial score (nSPS) is 13.7. The summed E-state index contributed by atoms with van der Waals surface area (Å²) in [4.78, 5) is -0.737. The number of hydrogen-bond acceptors (Lipinski definition) is 4. The van der Waals surface area contributed by atoms with E-state index in [-0.39, 0.29) is 5.92 Å². The first-order valence-corrected chi connectivity index (χ1v) is 7.54. The van der Waals surface area contributed by atoms with E-state index >= 15 is 0 Å². The topological polar surface area (TPSA) is 92.4 Å². The number of nitrogens with one attached hydrogen (secondary N) is 1. The first-order chi connectivity index (χ1) is 9.19. The first-order valence-electron chi connectivity index (χ1n) is 6.05. The molecule has 0 aromatic heterocycles. The fraction of sp³-hybridized carbons (Fsp3) is 0.500. The van der Waals surface area contributed by atoms with Crippen molar-refractivity contribution in [2.24, 2.45) is 5.92 Å². The van der Waals surface area contributed by atoms with Crippen molar-refractivity contribution in [3.63, 3.8) is 0 Å². The van der Waals surface area contributed by atoms with Crippen molar-refractivity contribution in [2.75, 3.05) is 12.3 Å². The highest BCUT2D eigenvalue weighted by Crippen LogP contribution is 2.23. The number of aliphatic hydroxyl groups is 1. The van der Waals surface area contributed by atoms with Crippen LogP contribution in [0.25, 0.3) is 0 Å². The number of hydrogen-bond donors (Lipinski definition) is 3. The number of halogens is 2. The number of rotatable bonds is 6. The molecule has 1 aromatic rings. The van der Waals surface area contributed by atoms with Gasteiger partial charge in [0, 0.05) is 6.04 Å². The molecular weight excluding hydrogens is 290 g/mol. The maximum atomic E-state index is 13.7. The van der Waals surface area contributed by atoms with Crippen LogP contribution in [0.3, 0.4) is 0 Å². The highest BCUT2D eigenvalue weighted by atomic mass is 32.2. The van der Waals surface area contributed by atoms with Gasteiger partial charge in [-0.3, -0.25) is 0 Å². The average molecular weight is 308 g/mol. The van der Waals surface area contributed by atoms with Crippen molar-refractivity contribution in [3.05, 3.63) is 23.8 Å². The Morgan fingerprint density at radius 3 is 2.45 bits per heavy atom. The van der Waals surface area contributed by atoms with Crippen LogP contribution in [0, 0.1) is 17.6 Å². The van der Waals surface area contributed by atoms with Crippen molar-refractivity contribution in [1.82, 2.24) is 4.72 Å². The van der Waals surface area contributed by atoms with E-state index in [1.807, 2.05) is 13.8 Å². The van der Waals surface area contributed by atoms with Gasteiger partial charge in [0.1, 0.15) is 16.4 Å². The number of aliphatic hydroxyl groups excluding tert-OH is 1. The van der Waals surface area contributed by atoms with Gasteiger partial charge in [-0.25, -0.2) is 21.9 Å². The lowest BCUT2D eigenvalue weighted by Crippen LogP contribution is -2.38. The van der Waals surface area contributed by atoms with Gasteiger partial charge in [-0.1, -0.05) is 13.8 Å². The van der Waals surface area contributed by atoms with Gasteiger partial charge in [0.25, 0.3) is 0 Å². The number of nitrogens with two attached hydrogens (primary N) is 1. The van der Waals surface area contributed by atoms with Crippen LogP contribution in [0.5, 0.6) is 0 Å². The Morgan fingerprint density at radius 2 is 1.95 bits per heavy atom. The zero-order valence-electron chi connectivity index (χ0n) is 11.2. The minimum absolute atomic E-state index is 0.137. The van der Waals surface area contributed by atoms with Crippen LogP contribution in [0.2, 0.25) is 0 Å². The van der Waals surface area contributed by atoms with Crippen LogP contribution < -0.4 is 10.5 Å². The highest BCUT2D eigenvalue weighted by molar-refractivity contribution is 7.89. The second kappa shape index (κ2) is 6.47. The molecule has 0 bridgehead atoms. The smallest absolute Gasteiger partial charge is 0.243 e. The minimum Gasteiger partial charge on any atom is -0.395 e. The molecule has 5 nitrogen and oxygen atoms in total. The van der Waals surface area contributed by atoms with Gasteiger partial charge < -0.3 is 10.8 Å². The lowest BCUT2D eigenvalue weighted by Gasteiger charge is -2.18. The zero-order chi connectivity index (χ0) is 15.5. The van der Waals surface area contributed by atoms with Crippen LogP contribution in [0.4, 0.5) is 14.5 Å². The van der Waals surface area contributed by atoms with Crippen molar-refractivity contribution >= 4 is 15.7 Å². The third-order valence-corrected chi connectivity index (χ3v) is 4.22. The molecule has 1 aromatic carbocycles. The molecule has 0 aliphatic heterocycles. The molecule has 0 saturated heterocycles. The van der Waals surface area contributed by atoms with E-state index in [0.29, 0.717) is 6.42 Å². The maximum Gasteiger partial charge on any atom is 0.243 e. The minimum atomic E-state index is -4.22. The van der Waals surface area contributed by atoms with Crippen molar-refractivity contribution in [2.45, 2.75) is 31.2 Å². The summed E-state index contributed by atoms with van der Waals surface area (Å²) in [7, 11) is -4.22. The van der Waals surface area contributed by atoms with Gasteiger partial charge in [-0.2, -0.15) is 0 Å². The fourth-order valence-corrected chi connectivity index (χ4v) is 3.10. The lowest BCUT2D eigenvalue weighted by atomic mass is 10.1. The van der Waals surface area contributed by atoms with Gasteiger partial charge in [-0.05, 0) is 24.5 Å². The molecule has 0 spiro atoms. The molecule has 0 aliphatic carbocycles. The standard InChI is InChI=1S/C12H18F2N2O3S/c1-7(2)5-8(6-17)16-20(18,19)10-4-3-9(13)12(15)11(10)14/h3-4,7-8,16-17H,5-6,15H2,1-2H3. The lowest BCUT2D eigenvalue weighted by molar-refractivity contribution is 0.240. The number of sulfonamides is 1. The molecule has 0 fully saturated rings. The van der Waals surface area contributed by atoms with Crippen LogP contribution in [0.1, 0.15) is 20.3 Å². The number of benzene rings is 1. The Kier molecular flexibility index (Phi) is 5.43. The summed E-state index contributed by atoms with van der Waals surface area (Å²) < 4.78 is 53.0. The molecule has 4 N–H and O–H groups in total. The van der Waals surface area contributed by atoms with Crippen LogP contribution >= 0.6 is 0 Å². The van der Waals surface area contributed by atoms with E-state index in [9.17, 15) is 17.2 Å². The third kappa shape index (κ3) is 3.87. The predicted molar refractivity (Wildman–Crippen MR) is 71.4 cm³/mol. The van der Waals surface area contributed by atoms with Gasteiger partial charge in [0.2, 0.25) is 10.0 Å². The van der Waals surface area contributed by atoms with Crippen molar-refractivity contribution in [1.29, 1.82) is 0 Å².